The number of nitrogens with zero attached hydrogens (tertiary/aromatic N) is 2. The summed E-state index contributed by atoms with van der Waals surface area (Å²) >= 11 is 11.9. The molecule has 4 nitrogen and oxygen atoms in total. The first-order chi connectivity index (χ1) is 12.0. The summed E-state index contributed by atoms with van der Waals surface area (Å²) in [4.78, 5) is 28.7. The highest BCUT2D eigenvalue weighted by atomic mass is 35.5. The minimum absolute atomic E-state index is 0.0624. The van der Waals surface area contributed by atoms with Crippen molar-refractivity contribution < 1.29 is 9.59 Å². The summed E-state index contributed by atoms with van der Waals surface area (Å²) < 4.78 is 0. The summed E-state index contributed by atoms with van der Waals surface area (Å²) in [6.07, 6.45) is 0. The molecule has 1 saturated heterocycles. The summed E-state index contributed by atoms with van der Waals surface area (Å²) in [6, 6.07) is 14.2. The predicted octanol–water partition coefficient (Wildman–Crippen LogP) is 3.63. The van der Waals surface area contributed by atoms with E-state index >= 15 is 0 Å². The van der Waals surface area contributed by atoms with Crippen molar-refractivity contribution in [3.05, 3.63) is 69.7 Å². The van der Waals surface area contributed by atoms with Crippen LogP contribution in [-0.2, 0) is 0 Å². The average Bonchev–Trinajstić information content (AvgIpc) is 2.65. The average molecular weight is 377 g/mol. The normalized spacial score (nSPS) is 15.2. The van der Waals surface area contributed by atoms with Gasteiger partial charge in [-0.15, -0.1) is 0 Å². The third kappa shape index (κ3) is 4.40. The molecule has 0 atom stereocenters. The number of hydrogen-bond acceptors (Lipinski definition) is 3. The predicted molar refractivity (Wildman–Crippen MR) is 99.6 cm³/mol. The van der Waals surface area contributed by atoms with Gasteiger partial charge in [0, 0.05) is 37.3 Å². The Balaban J connectivity index is 1.55. The second-order valence-corrected chi connectivity index (χ2v) is 6.80. The molecule has 130 valence electrons. The lowest BCUT2D eigenvalue weighted by Gasteiger charge is -2.34. The molecular formula is C19H18Cl2N2O2. The van der Waals surface area contributed by atoms with Gasteiger partial charge in [-0.25, -0.2) is 0 Å². The van der Waals surface area contributed by atoms with Crippen LogP contribution in [0, 0.1) is 0 Å². The minimum atomic E-state index is -0.0624. The van der Waals surface area contributed by atoms with E-state index in [0.717, 1.165) is 5.56 Å². The monoisotopic (exact) mass is 376 g/mol. The number of carbonyl (C=O) groups excluding carboxylic acids is 2. The van der Waals surface area contributed by atoms with Crippen LogP contribution in [0.3, 0.4) is 0 Å². The molecule has 2 aromatic carbocycles. The molecule has 1 fully saturated rings. The Morgan fingerprint density at radius 2 is 1.52 bits per heavy atom. The van der Waals surface area contributed by atoms with E-state index in [1.54, 1.807) is 23.1 Å². The van der Waals surface area contributed by atoms with E-state index in [2.05, 4.69) is 4.90 Å². The van der Waals surface area contributed by atoms with E-state index in [9.17, 15) is 9.59 Å². The van der Waals surface area contributed by atoms with E-state index in [1.807, 2.05) is 30.3 Å². The fourth-order valence-electron chi connectivity index (χ4n) is 2.84. The van der Waals surface area contributed by atoms with Gasteiger partial charge in [-0.2, -0.15) is 0 Å². The number of rotatable bonds is 4. The van der Waals surface area contributed by atoms with Crippen LogP contribution in [0.25, 0.3) is 0 Å². The molecule has 0 unspecified atom stereocenters. The molecule has 0 aromatic heterocycles. The molecule has 0 bridgehead atoms. The van der Waals surface area contributed by atoms with Crippen LogP contribution in [0.1, 0.15) is 20.7 Å². The van der Waals surface area contributed by atoms with Crippen LogP contribution in [0.4, 0.5) is 0 Å². The Hall–Kier alpha value is -1.88. The van der Waals surface area contributed by atoms with Gasteiger partial charge in [-0.3, -0.25) is 14.5 Å². The SMILES string of the molecule is O=C(CN1CCN(C(=O)c2ccc(Cl)c(Cl)c2)CC1)c1ccccc1. The standard InChI is InChI=1S/C19H18Cl2N2O2/c20-16-7-6-15(12-17(16)21)19(25)23-10-8-22(9-11-23)13-18(24)14-4-2-1-3-5-14/h1-7,12H,8-11,13H2. The maximum atomic E-state index is 12.6. The second kappa shape index (κ2) is 8.00. The second-order valence-electron chi connectivity index (χ2n) is 5.99. The lowest BCUT2D eigenvalue weighted by molar-refractivity contribution is 0.0624. The third-order valence-corrected chi connectivity index (χ3v) is 5.03. The smallest absolute Gasteiger partial charge is 0.253 e. The van der Waals surface area contributed by atoms with E-state index < -0.39 is 0 Å². The Kier molecular flexibility index (Phi) is 5.74. The number of amides is 1. The van der Waals surface area contributed by atoms with Gasteiger partial charge in [-0.1, -0.05) is 53.5 Å². The van der Waals surface area contributed by atoms with Crippen LogP contribution in [0.2, 0.25) is 10.0 Å². The van der Waals surface area contributed by atoms with Crippen molar-refractivity contribution in [2.45, 2.75) is 0 Å². The van der Waals surface area contributed by atoms with Gasteiger partial charge in [0.15, 0.2) is 5.78 Å². The first kappa shape index (κ1) is 17.9. The van der Waals surface area contributed by atoms with Crippen molar-refractivity contribution in [1.82, 2.24) is 9.80 Å². The van der Waals surface area contributed by atoms with Gasteiger partial charge in [0.05, 0.1) is 16.6 Å². The van der Waals surface area contributed by atoms with Crippen LogP contribution in [0.5, 0.6) is 0 Å². The third-order valence-electron chi connectivity index (χ3n) is 4.29. The zero-order valence-corrected chi connectivity index (χ0v) is 15.1. The largest absolute Gasteiger partial charge is 0.336 e. The molecule has 0 N–H and O–H groups in total. The number of ketones is 1. The molecule has 1 heterocycles. The van der Waals surface area contributed by atoms with Gasteiger partial charge in [-0.05, 0) is 18.2 Å². The first-order valence-corrected chi connectivity index (χ1v) is 8.85. The zero-order valence-electron chi connectivity index (χ0n) is 13.6. The molecule has 0 aliphatic carbocycles. The first-order valence-electron chi connectivity index (χ1n) is 8.09. The van der Waals surface area contributed by atoms with Crippen molar-refractivity contribution in [1.29, 1.82) is 0 Å². The number of Topliss-reactive ketones (excluding diaryl/α,β-unsaturated/α-hetero) is 1. The van der Waals surface area contributed by atoms with Gasteiger partial charge in [0.25, 0.3) is 5.91 Å². The molecule has 0 radical (unpaired) electrons. The van der Waals surface area contributed by atoms with Crippen molar-refractivity contribution >= 4 is 34.9 Å². The fraction of sp³-hybridized carbons (Fsp3) is 0.263. The summed E-state index contributed by atoms with van der Waals surface area (Å²) in [5.74, 6) is 0.0393. The Morgan fingerprint density at radius 1 is 0.840 bits per heavy atom. The maximum Gasteiger partial charge on any atom is 0.253 e. The summed E-state index contributed by atoms with van der Waals surface area (Å²) in [7, 11) is 0. The number of halogens is 2. The van der Waals surface area contributed by atoms with Crippen LogP contribution in [0.15, 0.2) is 48.5 Å². The molecule has 2 aromatic rings. The number of benzene rings is 2. The molecule has 1 aliphatic heterocycles. The highest BCUT2D eigenvalue weighted by molar-refractivity contribution is 6.42. The van der Waals surface area contributed by atoms with Gasteiger partial charge >= 0.3 is 0 Å². The zero-order chi connectivity index (χ0) is 17.8. The molecule has 6 heteroatoms. The highest BCUT2D eigenvalue weighted by Gasteiger charge is 2.23. The fourth-order valence-corrected chi connectivity index (χ4v) is 3.14. The van der Waals surface area contributed by atoms with E-state index in [4.69, 9.17) is 23.2 Å². The Labute approximate surface area is 156 Å². The molecule has 0 spiro atoms. The Morgan fingerprint density at radius 3 is 2.16 bits per heavy atom. The van der Waals surface area contributed by atoms with Gasteiger partial charge in [0.2, 0.25) is 0 Å². The van der Waals surface area contributed by atoms with Gasteiger partial charge < -0.3 is 4.90 Å². The van der Waals surface area contributed by atoms with Crippen molar-refractivity contribution in [3.8, 4) is 0 Å². The van der Waals surface area contributed by atoms with Crippen LogP contribution in [-0.4, -0.2) is 54.2 Å². The van der Waals surface area contributed by atoms with Crippen LogP contribution >= 0.6 is 23.2 Å². The topological polar surface area (TPSA) is 40.6 Å². The quantitative estimate of drug-likeness (QED) is 0.764. The minimum Gasteiger partial charge on any atom is -0.336 e. The molecule has 3 rings (SSSR count). The maximum absolute atomic E-state index is 12.6. The molecular weight excluding hydrogens is 359 g/mol. The summed E-state index contributed by atoms with van der Waals surface area (Å²) in [5, 5.41) is 0.807. The van der Waals surface area contributed by atoms with E-state index in [-0.39, 0.29) is 11.7 Å². The number of hydrogen-bond donors (Lipinski definition) is 0. The molecule has 25 heavy (non-hydrogen) atoms. The van der Waals surface area contributed by atoms with Crippen molar-refractivity contribution in [3.63, 3.8) is 0 Å². The molecule has 0 saturated carbocycles. The number of piperazine rings is 1. The van der Waals surface area contributed by atoms with Crippen molar-refractivity contribution in [2.24, 2.45) is 0 Å². The Bertz CT molecular complexity index is 772. The van der Waals surface area contributed by atoms with Gasteiger partial charge in [0.1, 0.15) is 0 Å². The number of carbonyl (C=O) groups is 2. The highest BCUT2D eigenvalue weighted by Crippen LogP contribution is 2.23. The lowest BCUT2D eigenvalue weighted by Crippen LogP contribution is -2.49. The molecule has 1 amide bonds. The van der Waals surface area contributed by atoms with Crippen LogP contribution < -0.4 is 0 Å². The van der Waals surface area contributed by atoms with E-state index in [0.29, 0.717) is 48.3 Å². The molecule has 1 aliphatic rings. The van der Waals surface area contributed by atoms with E-state index in [1.165, 1.54) is 0 Å². The summed E-state index contributed by atoms with van der Waals surface area (Å²) in [6.45, 7) is 2.89. The van der Waals surface area contributed by atoms with Crippen molar-refractivity contribution in [2.75, 3.05) is 32.7 Å². The lowest BCUT2D eigenvalue weighted by atomic mass is 10.1. The summed E-state index contributed by atoms with van der Waals surface area (Å²) in [5.41, 5.74) is 1.25.